The molecule has 6 aromatic carbocycles. The maximum atomic E-state index is 13.2. The van der Waals surface area contributed by atoms with Crippen LogP contribution in [0.4, 0.5) is 0 Å². The van der Waals surface area contributed by atoms with E-state index in [1.165, 1.54) is 20.9 Å². The Morgan fingerprint density at radius 2 is 0.614 bits per heavy atom. The zero-order valence-electron chi connectivity index (χ0n) is 23.9. The first kappa shape index (κ1) is 26.7. The quantitative estimate of drug-likeness (QED) is 0.145. The van der Waals surface area contributed by atoms with Gasteiger partial charge in [-0.2, -0.15) is 0 Å². The van der Waals surface area contributed by atoms with Crippen LogP contribution < -0.4 is 10.9 Å². The Labute approximate surface area is 260 Å². The molecule has 0 amide bonds. The third-order valence-electron chi connectivity index (χ3n) is 8.43. The highest BCUT2D eigenvalue weighted by Gasteiger charge is 2.23. The summed E-state index contributed by atoms with van der Waals surface area (Å²) in [5.41, 5.74) is 2.83. The van der Waals surface area contributed by atoms with Crippen molar-refractivity contribution in [2.75, 3.05) is 0 Å². The Morgan fingerprint density at radius 3 is 0.909 bits per heavy atom. The molecule has 44 heavy (non-hydrogen) atoms. The molecule has 0 aliphatic carbocycles. The summed E-state index contributed by atoms with van der Waals surface area (Å²) in [5.74, 6) is 0. The first-order valence-corrected chi connectivity index (χ1v) is 17.2. The van der Waals surface area contributed by atoms with Gasteiger partial charge < -0.3 is 0 Å². The fraction of sp³-hybridized carbons (Fsp3) is 0.0500. The third-order valence-corrected chi connectivity index (χ3v) is 13.1. The Kier molecular flexibility index (Phi) is 6.67. The second kappa shape index (κ2) is 11.0. The molecule has 2 heterocycles. The van der Waals surface area contributed by atoms with Gasteiger partial charge in [0.1, 0.15) is 0 Å². The molecule has 0 aliphatic rings. The molecule has 0 saturated heterocycles. The number of benzene rings is 6. The van der Waals surface area contributed by atoms with Crippen LogP contribution in [0.15, 0.2) is 155 Å². The van der Waals surface area contributed by atoms with Crippen LogP contribution in [0.1, 0.15) is 11.1 Å². The van der Waals surface area contributed by atoms with Gasteiger partial charge >= 0.3 is 0 Å². The van der Waals surface area contributed by atoms with Gasteiger partial charge in [-0.15, -0.1) is 0 Å². The van der Waals surface area contributed by atoms with Gasteiger partial charge in [-0.1, -0.05) is 72.8 Å². The predicted octanol–water partition coefficient (Wildman–Crippen LogP) is 10.3. The first-order valence-electron chi connectivity index (χ1n) is 14.8. The van der Waals surface area contributed by atoms with Crippen molar-refractivity contribution < 1.29 is 0 Å². The minimum Gasteiger partial charge on any atom is -0.288 e. The summed E-state index contributed by atoms with van der Waals surface area (Å²) in [6, 6.07) is 50.1. The summed E-state index contributed by atoms with van der Waals surface area (Å²) in [5, 5.41) is 3.26. The fourth-order valence-corrected chi connectivity index (χ4v) is 10.9. The molecule has 210 valence electrons. The van der Waals surface area contributed by atoms with Crippen molar-refractivity contribution in [1.29, 1.82) is 0 Å². The lowest BCUT2D eigenvalue weighted by Crippen LogP contribution is -2.02. The summed E-state index contributed by atoms with van der Waals surface area (Å²) in [4.78, 5) is 28.8. The molecule has 0 fully saturated rings. The lowest BCUT2D eigenvalue weighted by Gasteiger charge is -2.06. The minimum atomic E-state index is -0.307. The Balaban J connectivity index is 1.09. The van der Waals surface area contributed by atoms with Crippen molar-refractivity contribution in [3.63, 3.8) is 0 Å². The molecule has 0 atom stereocenters. The van der Waals surface area contributed by atoms with Gasteiger partial charge in [0.2, 0.25) is 10.9 Å². The minimum absolute atomic E-state index is 0.119. The van der Waals surface area contributed by atoms with Crippen molar-refractivity contribution in [3.8, 4) is 9.79 Å². The molecular formula is C40H28O2S2+2. The van der Waals surface area contributed by atoms with E-state index >= 15 is 0 Å². The smallest absolute Gasteiger partial charge is 0.203 e. The number of hydrogen-bond acceptors (Lipinski definition) is 2. The van der Waals surface area contributed by atoms with E-state index in [9.17, 15) is 9.59 Å². The van der Waals surface area contributed by atoms with E-state index in [1.807, 2.05) is 72.8 Å². The zero-order valence-corrected chi connectivity index (χ0v) is 25.5. The standard InChI is InChI=1S/C40H28O2S2/c41-39-31-9-1-5-13-35(31)43(36-14-6-2-10-32(36)39)29-23-19-27(20-24-29)17-18-28-21-25-30(26-22-28)44-37-15-7-3-11-33(37)40(42)34-12-4-8-16-38(34)44/h1-16,19-26H,17-18H2/q+2. The summed E-state index contributed by atoms with van der Waals surface area (Å²) < 4.78 is 4.43. The third kappa shape index (κ3) is 4.46. The summed E-state index contributed by atoms with van der Waals surface area (Å²) in [7, 11) is -0.614. The SMILES string of the molecule is O=c1c2ccccc2[s+](-c2ccc(CCc3ccc(-[s+]4c5ccccc5c(=O)c5ccccc54)cc3)cc2)c2ccccc12. The van der Waals surface area contributed by atoms with Crippen LogP contribution in [0.5, 0.6) is 0 Å². The van der Waals surface area contributed by atoms with Crippen LogP contribution in [0.25, 0.3) is 50.1 Å². The van der Waals surface area contributed by atoms with E-state index in [2.05, 4.69) is 72.8 Å². The molecule has 2 aromatic heterocycles. The van der Waals surface area contributed by atoms with E-state index in [0.717, 1.165) is 53.2 Å². The van der Waals surface area contributed by atoms with Crippen molar-refractivity contribution in [2.45, 2.75) is 12.8 Å². The van der Waals surface area contributed by atoms with E-state index in [0.29, 0.717) is 0 Å². The van der Waals surface area contributed by atoms with E-state index in [-0.39, 0.29) is 31.8 Å². The molecule has 4 heteroatoms. The number of aryl methyl sites for hydroxylation is 2. The predicted molar refractivity (Wildman–Crippen MR) is 190 cm³/mol. The Morgan fingerprint density at radius 1 is 0.341 bits per heavy atom. The van der Waals surface area contributed by atoms with Gasteiger partial charge in [-0.25, -0.2) is 0 Å². The van der Waals surface area contributed by atoms with Crippen LogP contribution >= 0.6 is 20.9 Å². The molecule has 2 nitrogen and oxygen atoms in total. The van der Waals surface area contributed by atoms with Crippen molar-refractivity contribution >= 4 is 61.3 Å². The van der Waals surface area contributed by atoms with E-state index < -0.39 is 0 Å². The fourth-order valence-electron chi connectivity index (χ4n) is 6.24. The average molecular weight is 605 g/mol. The van der Waals surface area contributed by atoms with Crippen LogP contribution in [0.2, 0.25) is 0 Å². The summed E-state index contributed by atoms with van der Waals surface area (Å²) in [6.07, 6.45) is 1.90. The number of rotatable bonds is 5. The molecule has 0 spiro atoms. The second-order valence-corrected chi connectivity index (χ2v) is 15.0. The summed E-state index contributed by atoms with van der Waals surface area (Å²) >= 11 is 0. The molecule has 0 radical (unpaired) electrons. The van der Waals surface area contributed by atoms with Crippen molar-refractivity contribution in [3.05, 3.63) is 177 Å². The van der Waals surface area contributed by atoms with Crippen LogP contribution in [-0.2, 0) is 12.8 Å². The van der Waals surface area contributed by atoms with Gasteiger partial charge in [0.15, 0.2) is 28.6 Å². The monoisotopic (exact) mass is 604 g/mol. The number of fused-ring (bicyclic) bond motifs is 4. The van der Waals surface area contributed by atoms with Gasteiger partial charge in [-0.3, -0.25) is 9.59 Å². The van der Waals surface area contributed by atoms with Gasteiger partial charge in [-0.05, 0) is 96.8 Å². The van der Waals surface area contributed by atoms with Gasteiger partial charge in [0.25, 0.3) is 0 Å². The van der Waals surface area contributed by atoms with Crippen molar-refractivity contribution in [2.24, 2.45) is 0 Å². The molecule has 8 rings (SSSR count). The molecule has 8 aromatic rings. The molecule has 0 unspecified atom stereocenters. The average Bonchev–Trinajstić information content (AvgIpc) is 3.09. The van der Waals surface area contributed by atoms with Crippen LogP contribution in [0.3, 0.4) is 0 Å². The maximum Gasteiger partial charge on any atom is 0.203 e. The zero-order chi connectivity index (χ0) is 29.6. The molecule has 0 aliphatic heterocycles. The largest absolute Gasteiger partial charge is 0.288 e. The van der Waals surface area contributed by atoms with Crippen LogP contribution in [-0.4, -0.2) is 0 Å². The maximum absolute atomic E-state index is 13.2. The normalized spacial score (nSPS) is 11.5. The van der Waals surface area contributed by atoms with Gasteiger partial charge in [0, 0.05) is 20.9 Å². The molecule has 0 bridgehead atoms. The summed E-state index contributed by atoms with van der Waals surface area (Å²) in [6.45, 7) is 0. The molecular weight excluding hydrogens is 577 g/mol. The lowest BCUT2D eigenvalue weighted by atomic mass is 10.0. The van der Waals surface area contributed by atoms with Gasteiger partial charge in [0.05, 0.1) is 21.5 Å². The van der Waals surface area contributed by atoms with E-state index in [1.54, 1.807) is 0 Å². The highest BCUT2D eigenvalue weighted by molar-refractivity contribution is 7.50. The van der Waals surface area contributed by atoms with Crippen LogP contribution in [0, 0.1) is 0 Å². The van der Waals surface area contributed by atoms with Crippen molar-refractivity contribution in [1.82, 2.24) is 0 Å². The molecule has 0 saturated carbocycles. The topological polar surface area (TPSA) is 34.1 Å². The highest BCUT2D eigenvalue weighted by Crippen LogP contribution is 2.44. The number of hydrogen-bond donors (Lipinski definition) is 0. The second-order valence-electron chi connectivity index (χ2n) is 11.0. The Hall–Kier alpha value is -4.90. The highest BCUT2D eigenvalue weighted by atomic mass is 32.2. The first-order chi connectivity index (χ1) is 21.7. The Bertz CT molecular complexity index is 2170. The molecule has 0 N–H and O–H groups in total. The lowest BCUT2D eigenvalue weighted by molar-refractivity contribution is 0.961. The van der Waals surface area contributed by atoms with E-state index in [4.69, 9.17) is 0 Å².